The first-order chi connectivity index (χ1) is 8.27. The van der Waals surface area contributed by atoms with Crippen LogP contribution in [0.15, 0.2) is 24.5 Å². The van der Waals surface area contributed by atoms with Gasteiger partial charge in [-0.15, -0.1) is 0 Å². The summed E-state index contributed by atoms with van der Waals surface area (Å²) in [4.78, 5) is 6.42. The highest BCUT2D eigenvalue weighted by molar-refractivity contribution is 5.09. The van der Waals surface area contributed by atoms with Crippen molar-refractivity contribution in [3.8, 4) is 0 Å². The average Bonchev–Trinajstić information content (AvgIpc) is 2.38. The molecule has 3 heteroatoms. The lowest BCUT2D eigenvalue weighted by Crippen LogP contribution is -2.39. The van der Waals surface area contributed by atoms with Gasteiger partial charge in [0.05, 0.1) is 0 Å². The van der Waals surface area contributed by atoms with Crippen LogP contribution in [-0.2, 0) is 6.42 Å². The summed E-state index contributed by atoms with van der Waals surface area (Å²) in [5.41, 5.74) is 7.18. The van der Waals surface area contributed by atoms with Gasteiger partial charge < -0.3 is 10.6 Å². The molecule has 1 rings (SSSR count). The fourth-order valence-corrected chi connectivity index (χ4v) is 2.00. The molecule has 1 aromatic heterocycles. The number of pyridine rings is 1. The van der Waals surface area contributed by atoms with E-state index in [9.17, 15) is 0 Å². The smallest absolute Gasteiger partial charge is 0.0270 e. The number of nitrogens with zero attached hydrogens (tertiary/aromatic N) is 2. The van der Waals surface area contributed by atoms with Crippen molar-refractivity contribution in [2.24, 2.45) is 5.73 Å². The zero-order valence-electron chi connectivity index (χ0n) is 11.1. The van der Waals surface area contributed by atoms with Crippen molar-refractivity contribution in [1.82, 2.24) is 9.88 Å². The molecule has 0 fully saturated rings. The molecule has 0 spiro atoms. The van der Waals surface area contributed by atoms with Crippen molar-refractivity contribution in [3.05, 3.63) is 30.1 Å². The number of rotatable bonds is 8. The van der Waals surface area contributed by atoms with Crippen molar-refractivity contribution in [3.63, 3.8) is 0 Å². The van der Waals surface area contributed by atoms with Crippen molar-refractivity contribution in [2.45, 2.75) is 38.6 Å². The lowest BCUT2D eigenvalue weighted by atomic mass is 10.1. The molecular weight excluding hydrogens is 210 g/mol. The lowest BCUT2D eigenvalue weighted by molar-refractivity contribution is 0.234. The molecule has 0 aliphatic carbocycles. The number of hydrogen-bond donors (Lipinski definition) is 1. The zero-order chi connectivity index (χ0) is 12.5. The number of unbranched alkanes of at least 4 members (excludes halogenated alkanes) is 1. The van der Waals surface area contributed by atoms with Crippen LogP contribution < -0.4 is 5.73 Å². The lowest BCUT2D eigenvalue weighted by Gasteiger charge is -2.26. The van der Waals surface area contributed by atoms with Gasteiger partial charge in [-0.1, -0.05) is 19.8 Å². The minimum atomic E-state index is 0.525. The highest BCUT2D eigenvalue weighted by Crippen LogP contribution is 2.07. The number of nitrogens with two attached hydrogens (primary N) is 1. The third-order valence-electron chi connectivity index (χ3n) is 3.29. The summed E-state index contributed by atoms with van der Waals surface area (Å²) in [5, 5.41) is 0. The Hall–Kier alpha value is -0.930. The highest BCUT2D eigenvalue weighted by atomic mass is 15.1. The van der Waals surface area contributed by atoms with E-state index >= 15 is 0 Å². The van der Waals surface area contributed by atoms with Gasteiger partial charge >= 0.3 is 0 Å². The second-order valence-electron chi connectivity index (χ2n) is 4.62. The Balaban J connectivity index is 2.34. The first kappa shape index (κ1) is 14.1. The maximum atomic E-state index is 5.83. The number of likely N-dealkylation sites (N-methyl/N-ethyl adjacent to an activating group) is 1. The Kier molecular flexibility index (Phi) is 6.82. The maximum absolute atomic E-state index is 5.83. The first-order valence-electron chi connectivity index (χ1n) is 6.57. The summed E-state index contributed by atoms with van der Waals surface area (Å²) in [7, 11) is 2.17. The second kappa shape index (κ2) is 8.20. The average molecular weight is 235 g/mol. The van der Waals surface area contributed by atoms with Gasteiger partial charge in [-0.3, -0.25) is 4.98 Å². The molecule has 2 N–H and O–H groups in total. The van der Waals surface area contributed by atoms with E-state index in [1.807, 2.05) is 12.4 Å². The van der Waals surface area contributed by atoms with E-state index in [1.54, 1.807) is 0 Å². The van der Waals surface area contributed by atoms with Crippen LogP contribution in [0.4, 0.5) is 0 Å². The van der Waals surface area contributed by atoms with Gasteiger partial charge in [0.1, 0.15) is 0 Å². The molecular formula is C14H25N3. The Bertz CT molecular complexity index is 287. The van der Waals surface area contributed by atoms with Crippen LogP contribution in [0.2, 0.25) is 0 Å². The normalized spacial score (nSPS) is 12.9. The highest BCUT2D eigenvalue weighted by Gasteiger charge is 2.11. The first-order valence-corrected chi connectivity index (χ1v) is 6.57. The van der Waals surface area contributed by atoms with Crippen LogP contribution in [0.3, 0.4) is 0 Å². The largest absolute Gasteiger partial charge is 0.329 e. The molecule has 3 nitrogen and oxygen atoms in total. The monoisotopic (exact) mass is 235 g/mol. The van der Waals surface area contributed by atoms with Gasteiger partial charge in [0.2, 0.25) is 0 Å². The molecule has 0 aliphatic heterocycles. The quantitative estimate of drug-likeness (QED) is 0.750. The molecule has 0 radical (unpaired) electrons. The Morgan fingerprint density at radius 3 is 2.65 bits per heavy atom. The fraction of sp³-hybridized carbons (Fsp3) is 0.643. The maximum Gasteiger partial charge on any atom is 0.0270 e. The third kappa shape index (κ3) is 5.29. The molecule has 0 aliphatic rings. The number of hydrogen-bond acceptors (Lipinski definition) is 3. The van der Waals surface area contributed by atoms with Crippen LogP contribution in [0.25, 0.3) is 0 Å². The Labute approximate surface area is 105 Å². The molecule has 1 unspecified atom stereocenters. The summed E-state index contributed by atoms with van der Waals surface area (Å²) in [6.45, 7) is 4.05. The van der Waals surface area contributed by atoms with Gasteiger partial charge in [-0.05, 0) is 37.6 Å². The molecule has 0 amide bonds. The standard InChI is InChI=1S/C14H25N3/c1-3-4-5-14(12-15)17(2)11-8-13-6-9-16-10-7-13/h6-7,9-10,14H,3-5,8,11-12,15H2,1-2H3. The predicted molar refractivity (Wildman–Crippen MR) is 72.9 cm³/mol. The van der Waals surface area contributed by atoms with Crippen molar-refractivity contribution >= 4 is 0 Å². The second-order valence-corrected chi connectivity index (χ2v) is 4.62. The fourth-order valence-electron chi connectivity index (χ4n) is 2.00. The summed E-state index contributed by atoms with van der Waals surface area (Å²) in [6, 6.07) is 4.69. The van der Waals surface area contributed by atoms with Gasteiger partial charge in [0, 0.05) is 31.5 Å². The van der Waals surface area contributed by atoms with Gasteiger partial charge in [-0.25, -0.2) is 0 Å². The summed E-state index contributed by atoms with van der Waals surface area (Å²) < 4.78 is 0. The van der Waals surface area contributed by atoms with Crippen LogP contribution in [0, 0.1) is 0 Å². The van der Waals surface area contributed by atoms with E-state index in [-0.39, 0.29) is 0 Å². The predicted octanol–water partition coefficient (Wildman–Crippen LogP) is 2.07. The Morgan fingerprint density at radius 1 is 1.35 bits per heavy atom. The summed E-state index contributed by atoms with van der Waals surface area (Å²) in [5.74, 6) is 0. The van der Waals surface area contributed by atoms with Gasteiger partial charge in [0.25, 0.3) is 0 Å². The third-order valence-corrected chi connectivity index (χ3v) is 3.29. The molecule has 0 aromatic carbocycles. The van der Waals surface area contributed by atoms with Gasteiger partial charge in [-0.2, -0.15) is 0 Å². The minimum Gasteiger partial charge on any atom is -0.329 e. The van der Waals surface area contributed by atoms with E-state index in [1.165, 1.54) is 24.8 Å². The van der Waals surface area contributed by atoms with Crippen LogP contribution in [-0.4, -0.2) is 36.1 Å². The SMILES string of the molecule is CCCCC(CN)N(C)CCc1ccncc1. The summed E-state index contributed by atoms with van der Waals surface area (Å²) >= 11 is 0. The van der Waals surface area contributed by atoms with Crippen molar-refractivity contribution in [1.29, 1.82) is 0 Å². The van der Waals surface area contributed by atoms with Gasteiger partial charge in [0.15, 0.2) is 0 Å². The van der Waals surface area contributed by atoms with E-state index in [0.717, 1.165) is 19.5 Å². The van der Waals surface area contributed by atoms with E-state index in [4.69, 9.17) is 5.73 Å². The molecule has 1 aromatic rings. The van der Waals surface area contributed by atoms with Crippen molar-refractivity contribution < 1.29 is 0 Å². The van der Waals surface area contributed by atoms with Crippen LogP contribution >= 0.6 is 0 Å². The molecule has 1 heterocycles. The van der Waals surface area contributed by atoms with Crippen LogP contribution in [0.1, 0.15) is 31.7 Å². The molecule has 0 saturated carbocycles. The van der Waals surface area contributed by atoms with E-state index < -0.39 is 0 Å². The van der Waals surface area contributed by atoms with E-state index in [2.05, 4.69) is 36.0 Å². The number of aromatic nitrogens is 1. The molecule has 1 atom stereocenters. The van der Waals surface area contributed by atoms with E-state index in [0.29, 0.717) is 6.04 Å². The Morgan fingerprint density at radius 2 is 2.06 bits per heavy atom. The topological polar surface area (TPSA) is 42.1 Å². The molecule has 0 bridgehead atoms. The zero-order valence-corrected chi connectivity index (χ0v) is 11.1. The van der Waals surface area contributed by atoms with Crippen molar-refractivity contribution in [2.75, 3.05) is 20.1 Å². The molecule has 96 valence electrons. The minimum absolute atomic E-state index is 0.525. The van der Waals surface area contributed by atoms with Crippen LogP contribution in [0.5, 0.6) is 0 Å². The molecule has 17 heavy (non-hydrogen) atoms. The summed E-state index contributed by atoms with van der Waals surface area (Å²) in [6.07, 6.45) is 8.50. The molecule has 0 saturated heterocycles.